The van der Waals surface area contributed by atoms with Gasteiger partial charge in [0.05, 0.1) is 39.6 Å². The molecule has 0 spiro atoms. The lowest BCUT2D eigenvalue weighted by Gasteiger charge is -2.17. The molecule has 2 aromatic carbocycles. The number of benzene rings is 2. The van der Waals surface area contributed by atoms with Gasteiger partial charge in [0, 0.05) is 6.54 Å². The number of nitrogens with two attached hydrogens (primary N) is 1. The van der Waals surface area contributed by atoms with Gasteiger partial charge in [-0.1, -0.05) is 48.6 Å². The Balaban J connectivity index is 1.56. The molecule has 35 heavy (non-hydrogen) atoms. The van der Waals surface area contributed by atoms with Crippen molar-refractivity contribution < 1.29 is 19.0 Å². The van der Waals surface area contributed by atoms with Crippen molar-refractivity contribution in [3.05, 3.63) is 65.0 Å². The van der Waals surface area contributed by atoms with Crippen LogP contribution in [0.1, 0.15) is 40.3 Å². The van der Waals surface area contributed by atoms with E-state index in [0.717, 1.165) is 12.0 Å². The molecular formula is C24H30N6O4S. The number of rotatable bonds is 11. The van der Waals surface area contributed by atoms with Crippen molar-refractivity contribution in [1.29, 1.82) is 0 Å². The molecule has 1 amide bonds. The van der Waals surface area contributed by atoms with E-state index in [9.17, 15) is 4.79 Å². The maximum Gasteiger partial charge on any atom is 0.274 e. The number of nitrogens with one attached hydrogen (secondary N) is 2. The van der Waals surface area contributed by atoms with Gasteiger partial charge in [-0.25, -0.2) is 4.68 Å². The highest BCUT2D eigenvalue weighted by Gasteiger charge is 2.19. The van der Waals surface area contributed by atoms with E-state index in [4.69, 9.17) is 32.2 Å². The maximum absolute atomic E-state index is 12.5. The van der Waals surface area contributed by atoms with Gasteiger partial charge in [-0.15, -0.1) is 5.10 Å². The molecule has 0 bridgehead atoms. The molecule has 1 aromatic heterocycles. The molecule has 0 aliphatic carbocycles. The summed E-state index contributed by atoms with van der Waals surface area (Å²) in [5, 5.41) is 13.9. The Morgan fingerprint density at radius 1 is 1.09 bits per heavy atom. The largest absolute Gasteiger partial charge is 0.493 e. The van der Waals surface area contributed by atoms with Crippen LogP contribution in [-0.4, -0.2) is 53.8 Å². The molecule has 3 rings (SSSR count). The third kappa shape index (κ3) is 6.25. The minimum Gasteiger partial charge on any atom is -0.493 e. The molecule has 0 aliphatic heterocycles. The standard InChI is InChI=1S/C24H30N6O4S/c1-5-15-6-8-16(9-7-15)22(25)27-23(31)18-14-30(29-28-18)13-12-26-24(35)17-10-11-19(32-2)21(34-4)20(17)33-3/h6-11,14,22H,5,12-13,25H2,1-4H3,(H,26,35)(H,27,31). The number of amides is 1. The van der Waals surface area contributed by atoms with Crippen LogP contribution in [0.25, 0.3) is 0 Å². The molecule has 3 aromatic rings. The van der Waals surface area contributed by atoms with E-state index < -0.39 is 12.1 Å². The molecule has 11 heteroatoms. The monoisotopic (exact) mass is 498 g/mol. The smallest absolute Gasteiger partial charge is 0.274 e. The van der Waals surface area contributed by atoms with E-state index >= 15 is 0 Å². The summed E-state index contributed by atoms with van der Waals surface area (Å²) >= 11 is 5.52. The first-order chi connectivity index (χ1) is 16.9. The van der Waals surface area contributed by atoms with Crippen LogP contribution in [0, 0.1) is 0 Å². The van der Waals surface area contributed by atoms with Crippen LogP contribution < -0.4 is 30.6 Å². The van der Waals surface area contributed by atoms with E-state index in [1.165, 1.54) is 19.8 Å². The van der Waals surface area contributed by atoms with Crippen LogP contribution in [0.15, 0.2) is 42.6 Å². The van der Waals surface area contributed by atoms with Gasteiger partial charge < -0.3 is 30.6 Å². The second kappa shape index (κ2) is 12.1. The number of aryl methyl sites for hydroxylation is 1. The number of ether oxygens (including phenoxy) is 3. The fraction of sp³-hybridized carbons (Fsp3) is 0.333. The predicted octanol–water partition coefficient (Wildman–Crippen LogP) is 2.22. The van der Waals surface area contributed by atoms with E-state index in [0.29, 0.717) is 40.9 Å². The van der Waals surface area contributed by atoms with E-state index in [2.05, 4.69) is 27.9 Å². The van der Waals surface area contributed by atoms with Crippen molar-refractivity contribution in [2.45, 2.75) is 26.1 Å². The molecule has 0 aliphatic rings. The SMILES string of the molecule is CCc1ccc(C(N)NC(=O)c2cn(CCNC(=S)c3ccc(OC)c(OC)c3OC)nn2)cc1. The van der Waals surface area contributed by atoms with Crippen molar-refractivity contribution in [1.82, 2.24) is 25.6 Å². The molecule has 0 fully saturated rings. The Morgan fingerprint density at radius 2 is 1.80 bits per heavy atom. The lowest BCUT2D eigenvalue weighted by molar-refractivity contribution is 0.0932. The van der Waals surface area contributed by atoms with Crippen molar-refractivity contribution in [3.8, 4) is 17.2 Å². The van der Waals surface area contributed by atoms with Crippen LogP contribution in [0.4, 0.5) is 0 Å². The second-order valence-corrected chi connectivity index (χ2v) is 7.96. The first-order valence-electron chi connectivity index (χ1n) is 11.0. The highest BCUT2D eigenvalue weighted by Crippen LogP contribution is 2.39. The van der Waals surface area contributed by atoms with Crippen LogP contribution >= 0.6 is 12.2 Å². The summed E-state index contributed by atoms with van der Waals surface area (Å²) in [6, 6.07) is 11.4. The summed E-state index contributed by atoms with van der Waals surface area (Å²) in [5.74, 6) is 1.08. The Bertz CT molecular complexity index is 1170. The zero-order chi connectivity index (χ0) is 25.4. The summed E-state index contributed by atoms with van der Waals surface area (Å²) in [7, 11) is 4.63. The van der Waals surface area contributed by atoms with Crippen LogP contribution in [0.5, 0.6) is 17.2 Å². The fourth-order valence-corrected chi connectivity index (χ4v) is 3.69. The van der Waals surface area contributed by atoms with Gasteiger partial charge in [-0.05, 0) is 29.7 Å². The quantitative estimate of drug-likeness (QED) is 0.269. The first kappa shape index (κ1) is 25.9. The van der Waals surface area contributed by atoms with Crippen LogP contribution in [-0.2, 0) is 13.0 Å². The summed E-state index contributed by atoms with van der Waals surface area (Å²) in [5.41, 5.74) is 8.98. The number of aromatic nitrogens is 3. The molecule has 4 N–H and O–H groups in total. The molecule has 186 valence electrons. The highest BCUT2D eigenvalue weighted by molar-refractivity contribution is 7.80. The molecule has 1 unspecified atom stereocenters. The van der Waals surface area contributed by atoms with Gasteiger partial charge in [-0.2, -0.15) is 0 Å². The number of hydrogen-bond acceptors (Lipinski definition) is 8. The average Bonchev–Trinajstić information content (AvgIpc) is 3.36. The molecule has 0 radical (unpaired) electrons. The van der Waals surface area contributed by atoms with Crippen molar-refractivity contribution in [2.24, 2.45) is 5.73 Å². The molecular weight excluding hydrogens is 468 g/mol. The van der Waals surface area contributed by atoms with E-state index in [-0.39, 0.29) is 5.69 Å². The topological polar surface area (TPSA) is 126 Å². The average molecular weight is 499 g/mol. The maximum atomic E-state index is 12.5. The Kier molecular flexibility index (Phi) is 8.98. The Hall–Kier alpha value is -3.70. The lowest BCUT2D eigenvalue weighted by Crippen LogP contribution is -2.34. The summed E-state index contributed by atoms with van der Waals surface area (Å²) in [6.07, 6.45) is 1.85. The number of methoxy groups -OCH3 is 3. The molecule has 1 atom stereocenters. The van der Waals surface area contributed by atoms with Gasteiger partial charge in [0.15, 0.2) is 17.2 Å². The molecule has 1 heterocycles. The van der Waals surface area contributed by atoms with Crippen LogP contribution in [0.3, 0.4) is 0 Å². The summed E-state index contributed by atoms with van der Waals surface area (Å²) in [4.78, 5) is 13.0. The van der Waals surface area contributed by atoms with Crippen molar-refractivity contribution in [2.75, 3.05) is 27.9 Å². The van der Waals surface area contributed by atoms with Gasteiger partial charge in [0.25, 0.3) is 5.91 Å². The number of nitrogens with zero attached hydrogens (tertiary/aromatic N) is 3. The third-order valence-electron chi connectivity index (χ3n) is 5.38. The molecule has 10 nitrogen and oxygen atoms in total. The Morgan fingerprint density at radius 3 is 2.43 bits per heavy atom. The normalized spacial score (nSPS) is 11.5. The summed E-state index contributed by atoms with van der Waals surface area (Å²) in [6.45, 7) is 2.96. The second-order valence-electron chi connectivity index (χ2n) is 7.55. The van der Waals surface area contributed by atoms with E-state index in [1.807, 2.05) is 24.3 Å². The Labute approximate surface area is 209 Å². The van der Waals surface area contributed by atoms with Crippen molar-refractivity contribution >= 4 is 23.1 Å². The third-order valence-corrected chi connectivity index (χ3v) is 5.74. The van der Waals surface area contributed by atoms with Crippen molar-refractivity contribution in [3.63, 3.8) is 0 Å². The number of carbonyl (C=O) groups excluding carboxylic acids is 1. The van der Waals surface area contributed by atoms with Crippen LogP contribution in [0.2, 0.25) is 0 Å². The number of carbonyl (C=O) groups is 1. The molecule has 0 saturated heterocycles. The zero-order valence-electron chi connectivity index (χ0n) is 20.2. The predicted molar refractivity (Wildman–Crippen MR) is 136 cm³/mol. The van der Waals surface area contributed by atoms with Gasteiger partial charge in [-0.3, -0.25) is 4.79 Å². The molecule has 0 saturated carbocycles. The first-order valence-corrected chi connectivity index (χ1v) is 11.4. The summed E-state index contributed by atoms with van der Waals surface area (Å²) < 4.78 is 17.8. The van der Waals surface area contributed by atoms with E-state index in [1.54, 1.807) is 30.1 Å². The fourth-order valence-electron chi connectivity index (χ4n) is 3.43. The zero-order valence-corrected chi connectivity index (χ0v) is 21.0. The minimum atomic E-state index is -0.644. The van der Waals surface area contributed by atoms with Gasteiger partial charge in [0.1, 0.15) is 11.2 Å². The number of thiocarbonyl (C=S) groups is 1. The lowest BCUT2D eigenvalue weighted by atomic mass is 10.1. The number of hydrogen-bond donors (Lipinski definition) is 3. The highest BCUT2D eigenvalue weighted by atomic mass is 32.1. The minimum absolute atomic E-state index is 0.176. The van der Waals surface area contributed by atoms with Gasteiger partial charge in [0.2, 0.25) is 5.75 Å². The van der Waals surface area contributed by atoms with Gasteiger partial charge >= 0.3 is 0 Å².